The zero-order chi connectivity index (χ0) is 14.5. The molecule has 1 aromatic heterocycles. The molecule has 0 atom stereocenters. The highest BCUT2D eigenvalue weighted by atomic mass is 35.5. The molecule has 0 aliphatic carbocycles. The van der Waals surface area contributed by atoms with E-state index in [4.69, 9.17) is 27.9 Å². The number of aromatic nitrogens is 2. The van der Waals surface area contributed by atoms with Crippen LogP contribution in [0.5, 0.6) is 0 Å². The second-order valence-corrected chi connectivity index (χ2v) is 5.65. The molecule has 0 unspecified atom stereocenters. The molecule has 2 rings (SSSR count). The monoisotopic (exact) mass is 330 g/mol. The Bertz CT molecular complexity index is 616. The summed E-state index contributed by atoms with van der Waals surface area (Å²) in [4.78, 5) is 18.5. The van der Waals surface area contributed by atoms with Crippen LogP contribution in [0.3, 0.4) is 0 Å². The van der Waals surface area contributed by atoms with E-state index in [1.54, 1.807) is 19.1 Å². The number of carbonyl (C=O) groups excluding carboxylic acids is 1. The lowest BCUT2D eigenvalue weighted by Gasteiger charge is -2.03. The van der Waals surface area contributed by atoms with Crippen molar-refractivity contribution >= 4 is 40.9 Å². The number of hydrogen-bond donors (Lipinski definition) is 1. The Morgan fingerprint density at radius 1 is 1.45 bits per heavy atom. The average Bonchev–Trinajstić information content (AvgIpc) is 2.87. The van der Waals surface area contributed by atoms with Gasteiger partial charge in [0, 0.05) is 15.8 Å². The van der Waals surface area contributed by atoms with Crippen LogP contribution in [0.4, 0.5) is 0 Å². The number of benzene rings is 1. The minimum Gasteiger partial charge on any atom is -0.461 e. The van der Waals surface area contributed by atoms with Crippen LogP contribution in [-0.4, -0.2) is 22.5 Å². The van der Waals surface area contributed by atoms with Crippen molar-refractivity contribution in [3.63, 3.8) is 0 Å². The maximum absolute atomic E-state index is 11.5. The van der Waals surface area contributed by atoms with E-state index in [1.165, 1.54) is 18.0 Å². The summed E-state index contributed by atoms with van der Waals surface area (Å²) in [5.41, 5.74) is 1.30. The first-order chi connectivity index (χ1) is 9.60. The van der Waals surface area contributed by atoms with Crippen LogP contribution >= 0.6 is 35.0 Å². The van der Waals surface area contributed by atoms with Gasteiger partial charge < -0.3 is 9.72 Å². The largest absolute Gasteiger partial charge is 0.461 e. The van der Waals surface area contributed by atoms with Crippen molar-refractivity contribution in [3.05, 3.63) is 45.7 Å². The molecule has 4 nitrogen and oxygen atoms in total. The number of H-pyrrole nitrogens is 1. The van der Waals surface area contributed by atoms with Crippen molar-refractivity contribution in [2.24, 2.45) is 0 Å². The molecule has 1 N–H and O–H groups in total. The first kappa shape index (κ1) is 15.2. The number of rotatable bonds is 5. The van der Waals surface area contributed by atoms with Gasteiger partial charge in [-0.1, -0.05) is 41.0 Å². The Hall–Kier alpha value is -1.17. The van der Waals surface area contributed by atoms with E-state index < -0.39 is 5.97 Å². The van der Waals surface area contributed by atoms with E-state index in [2.05, 4.69) is 9.97 Å². The summed E-state index contributed by atoms with van der Waals surface area (Å²) in [5, 5.41) is 1.85. The van der Waals surface area contributed by atoms with Crippen molar-refractivity contribution in [1.82, 2.24) is 9.97 Å². The van der Waals surface area contributed by atoms with Crippen LogP contribution in [0.25, 0.3) is 0 Å². The van der Waals surface area contributed by atoms with E-state index in [9.17, 15) is 4.79 Å². The lowest BCUT2D eigenvalue weighted by Crippen LogP contribution is -2.04. The Balaban J connectivity index is 1.99. The van der Waals surface area contributed by atoms with Crippen LogP contribution in [0.15, 0.2) is 29.6 Å². The van der Waals surface area contributed by atoms with Gasteiger partial charge in [-0.15, -0.1) is 0 Å². The number of halogens is 2. The topological polar surface area (TPSA) is 55.0 Å². The molecule has 0 amide bonds. The summed E-state index contributed by atoms with van der Waals surface area (Å²) in [6.45, 7) is 2.09. The number of esters is 1. The number of thioether (sulfide) groups is 1. The van der Waals surface area contributed by atoms with Gasteiger partial charge in [-0.25, -0.2) is 9.78 Å². The third kappa shape index (κ3) is 3.91. The van der Waals surface area contributed by atoms with E-state index in [0.29, 0.717) is 33.3 Å². The Morgan fingerprint density at radius 3 is 2.95 bits per heavy atom. The molecular formula is C13H12Cl2N2O2S. The Labute approximate surface area is 130 Å². The maximum Gasteiger partial charge on any atom is 0.356 e. The summed E-state index contributed by atoms with van der Waals surface area (Å²) >= 11 is 13.4. The van der Waals surface area contributed by atoms with Gasteiger partial charge in [-0.05, 0) is 24.6 Å². The number of hydrogen-bond acceptors (Lipinski definition) is 4. The normalized spacial score (nSPS) is 10.6. The van der Waals surface area contributed by atoms with E-state index in [1.807, 2.05) is 6.07 Å². The minimum absolute atomic E-state index is 0.334. The number of imidazole rings is 1. The van der Waals surface area contributed by atoms with Gasteiger partial charge in [-0.3, -0.25) is 0 Å². The molecule has 1 heterocycles. The van der Waals surface area contributed by atoms with Gasteiger partial charge in [0.1, 0.15) is 5.69 Å². The number of aromatic amines is 1. The third-order valence-corrected chi connectivity index (χ3v) is 3.95. The summed E-state index contributed by atoms with van der Waals surface area (Å²) in [5.74, 6) is 0.225. The molecule has 7 heteroatoms. The van der Waals surface area contributed by atoms with Crippen LogP contribution in [0, 0.1) is 0 Å². The van der Waals surface area contributed by atoms with Crippen LogP contribution in [0.1, 0.15) is 23.0 Å². The highest BCUT2D eigenvalue weighted by Gasteiger charge is 2.11. The predicted octanol–water partition coefficient (Wildman–Crippen LogP) is 4.19. The highest BCUT2D eigenvalue weighted by molar-refractivity contribution is 7.98. The number of ether oxygens (including phenoxy) is 1. The molecule has 0 fully saturated rings. The third-order valence-electron chi connectivity index (χ3n) is 2.43. The van der Waals surface area contributed by atoms with Gasteiger partial charge in [0.25, 0.3) is 0 Å². The molecule has 0 aliphatic heterocycles. The zero-order valence-electron chi connectivity index (χ0n) is 10.7. The fraction of sp³-hybridized carbons (Fsp3) is 0.231. The number of carbonyl (C=O) groups is 1. The van der Waals surface area contributed by atoms with Crippen LogP contribution < -0.4 is 0 Å². The molecule has 0 bridgehead atoms. The summed E-state index contributed by atoms with van der Waals surface area (Å²) < 4.78 is 4.88. The van der Waals surface area contributed by atoms with Crippen molar-refractivity contribution in [2.75, 3.05) is 6.61 Å². The average molecular weight is 331 g/mol. The molecule has 0 saturated carbocycles. The molecular weight excluding hydrogens is 319 g/mol. The van der Waals surface area contributed by atoms with E-state index in [-0.39, 0.29) is 0 Å². The molecule has 0 spiro atoms. The maximum atomic E-state index is 11.5. The molecule has 2 aromatic rings. The number of nitrogens with one attached hydrogen (secondary N) is 1. The van der Waals surface area contributed by atoms with Crippen LogP contribution in [-0.2, 0) is 10.5 Å². The first-order valence-electron chi connectivity index (χ1n) is 5.89. The lowest BCUT2D eigenvalue weighted by molar-refractivity contribution is 0.0519. The number of nitrogens with zero attached hydrogens (tertiary/aromatic N) is 1. The van der Waals surface area contributed by atoms with Gasteiger partial charge >= 0.3 is 5.97 Å². The highest BCUT2D eigenvalue weighted by Crippen LogP contribution is 2.27. The zero-order valence-corrected chi connectivity index (χ0v) is 13.0. The van der Waals surface area contributed by atoms with Crippen molar-refractivity contribution in [3.8, 4) is 0 Å². The van der Waals surface area contributed by atoms with Crippen molar-refractivity contribution in [2.45, 2.75) is 17.8 Å². The second-order valence-electron chi connectivity index (χ2n) is 3.85. The van der Waals surface area contributed by atoms with Crippen molar-refractivity contribution < 1.29 is 9.53 Å². The standard InChI is InChI=1S/C13H12Cl2N2O2S/c1-2-19-12(18)11-6-16-13(17-11)20-7-8-3-4-9(14)5-10(8)15/h3-6H,2,7H2,1H3,(H,16,17). The van der Waals surface area contributed by atoms with E-state index in [0.717, 1.165) is 5.56 Å². The van der Waals surface area contributed by atoms with Crippen molar-refractivity contribution in [1.29, 1.82) is 0 Å². The summed E-state index contributed by atoms with van der Waals surface area (Å²) in [7, 11) is 0. The molecule has 0 saturated heterocycles. The molecule has 1 aromatic carbocycles. The summed E-state index contributed by atoms with van der Waals surface area (Å²) in [6.07, 6.45) is 1.46. The lowest BCUT2D eigenvalue weighted by atomic mass is 10.2. The first-order valence-corrected chi connectivity index (χ1v) is 7.63. The second kappa shape index (κ2) is 7.02. The van der Waals surface area contributed by atoms with Gasteiger partial charge in [0.2, 0.25) is 0 Å². The fourth-order valence-electron chi connectivity index (χ4n) is 1.47. The Kier molecular flexibility index (Phi) is 5.34. The van der Waals surface area contributed by atoms with Gasteiger partial charge in [0.05, 0.1) is 12.8 Å². The summed E-state index contributed by atoms with van der Waals surface area (Å²) in [6, 6.07) is 5.35. The molecule has 106 valence electrons. The molecule has 20 heavy (non-hydrogen) atoms. The Morgan fingerprint density at radius 2 is 2.25 bits per heavy atom. The SMILES string of the molecule is CCOC(=O)c1cnc(SCc2ccc(Cl)cc2Cl)[nH]1. The smallest absolute Gasteiger partial charge is 0.356 e. The van der Waals surface area contributed by atoms with Gasteiger partial charge in [-0.2, -0.15) is 0 Å². The fourth-order valence-corrected chi connectivity index (χ4v) is 2.88. The minimum atomic E-state index is -0.406. The molecule has 0 radical (unpaired) electrons. The predicted molar refractivity (Wildman–Crippen MR) is 80.6 cm³/mol. The van der Waals surface area contributed by atoms with Gasteiger partial charge in [0.15, 0.2) is 5.16 Å². The van der Waals surface area contributed by atoms with E-state index >= 15 is 0 Å². The molecule has 0 aliphatic rings. The van der Waals surface area contributed by atoms with Crippen LogP contribution in [0.2, 0.25) is 10.0 Å². The quantitative estimate of drug-likeness (QED) is 0.659.